The molecule has 196 valence electrons. The highest BCUT2D eigenvalue weighted by atomic mass is 19.3. The van der Waals surface area contributed by atoms with Gasteiger partial charge in [0, 0.05) is 50.4 Å². The number of rotatable bonds is 6. The van der Waals surface area contributed by atoms with Gasteiger partial charge in [-0.25, -0.2) is 8.78 Å². The van der Waals surface area contributed by atoms with Gasteiger partial charge in [-0.05, 0) is 67.6 Å². The molecule has 0 N–H and O–H groups in total. The fraction of sp³-hybridized carbons (Fsp3) is 0.857. The molecule has 0 spiro atoms. The molecule has 9 atom stereocenters. The Morgan fingerprint density at radius 3 is 2.43 bits per heavy atom. The Bertz CT molecular complexity index is 910. The summed E-state index contributed by atoms with van der Waals surface area (Å²) in [6, 6.07) is 0. The number of fused-ring (bicyclic) bond motifs is 5. The summed E-state index contributed by atoms with van der Waals surface area (Å²) in [5.41, 5.74) is -0.757. The van der Waals surface area contributed by atoms with Crippen molar-refractivity contribution in [1.29, 1.82) is 0 Å². The highest BCUT2D eigenvalue weighted by Crippen LogP contribution is 2.66. The van der Waals surface area contributed by atoms with E-state index in [1.165, 1.54) is 6.92 Å². The molecule has 0 bridgehead atoms. The van der Waals surface area contributed by atoms with Crippen molar-refractivity contribution in [2.75, 3.05) is 0 Å². The predicted octanol–water partition coefficient (Wildman–Crippen LogP) is 5.58. The van der Waals surface area contributed by atoms with Gasteiger partial charge in [0.2, 0.25) is 0 Å². The molecule has 0 aromatic rings. The van der Waals surface area contributed by atoms with Crippen molar-refractivity contribution in [3.63, 3.8) is 0 Å². The van der Waals surface area contributed by atoms with Crippen molar-refractivity contribution in [3.8, 4) is 0 Å². The highest BCUT2D eigenvalue weighted by Gasteiger charge is 2.66. The summed E-state index contributed by atoms with van der Waals surface area (Å²) in [5, 5.41) is 0. The monoisotopic (exact) mass is 494 g/mol. The fourth-order valence-corrected chi connectivity index (χ4v) is 8.30. The first-order valence-corrected chi connectivity index (χ1v) is 13.3. The van der Waals surface area contributed by atoms with Gasteiger partial charge in [-0.3, -0.25) is 19.2 Å². The molecule has 4 rings (SSSR count). The van der Waals surface area contributed by atoms with Crippen LogP contribution in [0.1, 0.15) is 92.4 Å². The lowest BCUT2D eigenvalue weighted by atomic mass is 9.44. The zero-order valence-electron chi connectivity index (χ0n) is 21.7. The van der Waals surface area contributed by atoms with Crippen LogP contribution in [0.25, 0.3) is 0 Å². The number of halogens is 2. The Hall–Kier alpha value is -1.66. The lowest BCUT2D eigenvalue weighted by molar-refractivity contribution is -0.168. The Morgan fingerprint density at radius 2 is 1.77 bits per heavy atom. The molecular formula is C28H40F2O5. The first-order valence-electron chi connectivity index (χ1n) is 13.3. The van der Waals surface area contributed by atoms with E-state index in [2.05, 4.69) is 6.92 Å². The lowest BCUT2D eigenvalue weighted by Crippen LogP contribution is -2.60. The third-order valence-corrected chi connectivity index (χ3v) is 10.7. The summed E-state index contributed by atoms with van der Waals surface area (Å²) >= 11 is 0. The molecule has 4 aliphatic carbocycles. The molecule has 5 nitrogen and oxygen atoms in total. The van der Waals surface area contributed by atoms with Crippen LogP contribution >= 0.6 is 0 Å². The third-order valence-electron chi connectivity index (χ3n) is 10.7. The van der Waals surface area contributed by atoms with Gasteiger partial charge in [0.05, 0.1) is 0 Å². The van der Waals surface area contributed by atoms with Crippen LogP contribution in [-0.4, -0.2) is 35.3 Å². The number of esters is 1. The minimum absolute atomic E-state index is 0.00476. The molecule has 0 amide bonds. The van der Waals surface area contributed by atoms with Gasteiger partial charge in [0.1, 0.15) is 17.3 Å². The quantitative estimate of drug-likeness (QED) is 0.451. The van der Waals surface area contributed by atoms with Gasteiger partial charge < -0.3 is 4.74 Å². The predicted molar refractivity (Wildman–Crippen MR) is 126 cm³/mol. The van der Waals surface area contributed by atoms with Crippen LogP contribution in [0.15, 0.2) is 0 Å². The van der Waals surface area contributed by atoms with E-state index in [9.17, 15) is 28.0 Å². The van der Waals surface area contributed by atoms with E-state index in [0.29, 0.717) is 32.1 Å². The number of ether oxygens (including phenoxy) is 1. The summed E-state index contributed by atoms with van der Waals surface area (Å²) in [5.74, 6) is -3.07. The Kier molecular flexibility index (Phi) is 6.81. The molecule has 0 heterocycles. The molecule has 35 heavy (non-hydrogen) atoms. The second-order valence-corrected chi connectivity index (χ2v) is 12.6. The number of ketones is 3. The Balaban J connectivity index is 1.48. The maximum absolute atomic E-state index is 13.8. The van der Waals surface area contributed by atoms with E-state index >= 15 is 0 Å². The lowest BCUT2D eigenvalue weighted by Gasteiger charge is -2.58. The first-order chi connectivity index (χ1) is 16.2. The number of Topliss-reactive ketones (excluding diaryl/α,β-unsaturated/α-hetero) is 3. The SMILES string of the molecule is CC(CCC(=O)OC(C)C(C)(F)F)C1CCC2C3C(=O)CC4CC(=O)CCC4(C)C3CC(=O)C12C. The van der Waals surface area contributed by atoms with E-state index in [1.807, 2.05) is 13.8 Å². The number of hydrogen-bond acceptors (Lipinski definition) is 5. The number of alkyl halides is 2. The molecule has 0 radical (unpaired) electrons. The van der Waals surface area contributed by atoms with Gasteiger partial charge in [0.25, 0.3) is 5.92 Å². The van der Waals surface area contributed by atoms with E-state index in [4.69, 9.17) is 4.74 Å². The molecule has 0 saturated heterocycles. The standard InChI is InChI=1S/C28H40F2O5/c1-15(6-9-24(34)35-16(2)28(5,29)30)19-7-8-20-25-21(14-23(33)27(19,20)4)26(3)11-10-18(31)12-17(26)13-22(25)32/h15-17,19-21,25H,6-14H2,1-5H3. The van der Waals surface area contributed by atoms with Gasteiger partial charge in [-0.1, -0.05) is 20.8 Å². The van der Waals surface area contributed by atoms with Gasteiger partial charge in [-0.2, -0.15) is 0 Å². The average molecular weight is 495 g/mol. The Morgan fingerprint density at radius 1 is 1.09 bits per heavy atom. The highest BCUT2D eigenvalue weighted by molar-refractivity contribution is 5.93. The number of carbonyl (C=O) groups is 4. The first kappa shape index (κ1) is 26.4. The molecule has 0 aliphatic heterocycles. The molecule has 4 aliphatic rings. The molecule has 4 saturated carbocycles. The second-order valence-electron chi connectivity index (χ2n) is 12.6. The van der Waals surface area contributed by atoms with Crippen molar-refractivity contribution in [1.82, 2.24) is 0 Å². The zero-order valence-corrected chi connectivity index (χ0v) is 21.7. The number of hydrogen-bond donors (Lipinski definition) is 0. The van der Waals surface area contributed by atoms with Crippen LogP contribution < -0.4 is 0 Å². The normalized spacial score (nSPS) is 41.0. The zero-order chi connectivity index (χ0) is 25.9. The molecule has 4 fully saturated rings. The van der Waals surface area contributed by atoms with Crippen molar-refractivity contribution < 1.29 is 32.7 Å². The van der Waals surface area contributed by atoms with E-state index in [0.717, 1.165) is 26.2 Å². The second kappa shape index (κ2) is 9.02. The fourth-order valence-electron chi connectivity index (χ4n) is 8.30. The third kappa shape index (κ3) is 4.39. The summed E-state index contributed by atoms with van der Waals surface area (Å²) in [7, 11) is 0. The number of carbonyl (C=O) groups excluding carboxylic acids is 4. The molecule has 9 unspecified atom stereocenters. The maximum Gasteiger partial charge on any atom is 0.306 e. The van der Waals surface area contributed by atoms with Crippen LogP contribution in [0.5, 0.6) is 0 Å². The maximum atomic E-state index is 13.8. The average Bonchev–Trinajstić information content (AvgIpc) is 3.12. The van der Waals surface area contributed by atoms with Crippen LogP contribution in [-0.2, 0) is 23.9 Å². The summed E-state index contributed by atoms with van der Waals surface area (Å²) in [6.45, 7) is 8.17. The van der Waals surface area contributed by atoms with Gasteiger partial charge in [0.15, 0.2) is 6.10 Å². The van der Waals surface area contributed by atoms with Crippen LogP contribution in [0.3, 0.4) is 0 Å². The molecular weight excluding hydrogens is 454 g/mol. The molecule has 0 aromatic heterocycles. The van der Waals surface area contributed by atoms with E-state index in [-0.39, 0.29) is 64.7 Å². The minimum Gasteiger partial charge on any atom is -0.456 e. The smallest absolute Gasteiger partial charge is 0.306 e. The van der Waals surface area contributed by atoms with Crippen molar-refractivity contribution in [3.05, 3.63) is 0 Å². The molecule has 7 heteroatoms. The van der Waals surface area contributed by atoms with Crippen molar-refractivity contribution >= 4 is 23.3 Å². The van der Waals surface area contributed by atoms with Gasteiger partial charge in [-0.15, -0.1) is 0 Å². The van der Waals surface area contributed by atoms with Crippen LogP contribution in [0, 0.1) is 46.3 Å². The topological polar surface area (TPSA) is 77.5 Å². The summed E-state index contributed by atoms with van der Waals surface area (Å²) < 4.78 is 31.6. The Labute approximate surface area is 207 Å². The largest absolute Gasteiger partial charge is 0.456 e. The van der Waals surface area contributed by atoms with Crippen LogP contribution in [0.4, 0.5) is 8.78 Å². The summed E-state index contributed by atoms with van der Waals surface area (Å²) in [6.07, 6.45) is 3.24. The van der Waals surface area contributed by atoms with Crippen molar-refractivity contribution in [2.45, 2.75) is 104 Å². The van der Waals surface area contributed by atoms with E-state index < -0.39 is 23.4 Å². The van der Waals surface area contributed by atoms with Crippen molar-refractivity contribution in [2.24, 2.45) is 46.3 Å². The van der Waals surface area contributed by atoms with E-state index in [1.54, 1.807) is 0 Å². The van der Waals surface area contributed by atoms with Gasteiger partial charge >= 0.3 is 5.97 Å². The summed E-state index contributed by atoms with van der Waals surface area (Å²) in [4.78, 5) is 51.5. The minimum atomic E-state index is -3.09. The van der Waals surface area contributed by atoms with Crippen LogP contribution in [0.2, 0.25) is 0 Å². The molecule has 0 aromatic carbocycles.